The van der Waals surface area contributed by atoms with Crippen molar-refractivity contribution in [1.82, 2.24) is 15.5 Å². The summed E-state index contributed by atoms with van der Waals surface area (Å²) >= 11 is 6.23. The molecule has 3 rings (SSSR count). The molecule has 0 radical (unpaired) electrons. The van der Waals surface area contributed by atoms with Crippen LogP contribution >= 0.6 is 11.6 Å². The number of likely N-dealkylation sites (N-methyl/N-ethyl adjacent to an activating group) is 1. The molecule has 0 saturated carbocycles. The van der Waals surface area contributed by atoms with Crippen molar-refractivity contribution >= 4 is 35.0 Å². The van der Waals surface area contributed by atoms with Gasteiger partial charge in [-0.1, -0.05) is 39.0 Å². The van der Waals surface area contributed by atoms with Crippen LogP contribution in [0.2, 0.25) is 5.02 Å². The van der Waals surface area contributed by atoms with Gasteiger partial charge in [0.05, 0.1) is 11.3 Å². The van der Waals surface area contributed by atoms with E-state index in [9.17, 15) is 27.9 Å². The number of alkyl halides is 3. The fourth-order valence-electron chi connectivity index (χ4n) is 3.54. The fourth-order valence-corrected chi connectivity index (χ4v) is 3.73. The van der Waals surface area contributed by atoms with Gasteiger partial charge < -0.3 is 10.4 Å². The molecular weight excluding hydrogens is 521 g/mol. The van der Waals surface area contributed by atoms with Crippen LogP contribution in [-0.4, -0.2) is 47.6 Å². The average Bonchev–Trinajstić information content (AvgIpc) is 2.88. The van der Waals surface area contributed by atoms with E-state index in [1.54, 1.807) is 42.4 Å². The standard InChI is InChI=1S/C23H27ClN4O3.C2H6.CHF3.CH4/c1-15(29)28(2)22(16-7-4-3-5-8-16)27-20-11-10-18(24)13-17(20)14-26-21-19(23(30)31)9-6-12-25-21;1-2;2-1(3)4;/h6-7,9-13,21,25-26H,3-5,8,14H2,1-2H3,(H,30,31);1-2H3;1H;1H4. The number of hydrogen-bond donors (Lipinski definition) is 3. The van der Waals surface area contributed by atoms with Crippen molar-refractivity contribution in [3.63, 3.8) is 0 Å². The monoisotopic (exact) mass is 558 g/mol. The Morgan fingerprint density at radius 1 is 1.26 bits per heavy atom. The number of carboxylic acid groups (broad SMARTS) is 1. The fraction of sp³-hybridized carbons (Fsp3) is 0.444. The van der Waals surface area contributed by atoms with Gasteiger partial charge in [0.25, 0.3) is 0 Å². The molecule has 0 saturated heterocycles. The lowest BCUT2D eigenvalue weighted by Gasteiger charge is -2.24. The molecule has 0 bridgehead atoms. The SMILES string of the molecule is C.CC.CC(=O)N(C)C(=Nc1ccc(Cl)cc1CNC1NC=CC=C1C(=O)O)C1=CCCCC1.FC(F)F. The number of amides is 1. The first-order valence-corrected chi connectivity index (χ1v) is 12.3. The van der Waals surface area contributed by atoms with Crippen LogP contribution in [0.3, 0.4) is 0 Å². The van der Waals surface area contributed by atoms with Crippen molar-refractivity contribution in [2.24, 2.45) is 4.99 Å². The largest absolute Gasteiger partial charge is 0.478 e. The van der Waals surface area contributed by atoms with Crippen LogP contribution in [0.4, 0.5) is 18.9 Å². The Morgan fingerprint density at radius 2 is 1.92 bits per heavy atom. The molecule has 11 heteroatoms. The van der Waals surface area contributed by atoms with E-state index in [-0.39, 0.29) is 18.9 Å². The Morgan fingerprint density at radius 3 is 2.47 bits per heavy atom. The van der Waals surface area contributed by atoms with E-state index in [0.29, 0.717) is 23.1 Å². The molecule has 1 heterocycles. The molecule has 7 nitrogen and oxygen atoms in total. The molecule has 1 atom stereocenters. The van der Waals surface area contributed by atoms with Gasteiger partial charge in [0.1, 0.15) is 12.0 Å². The number of amidine groups is 1. The van der Waals surface area contributed by atoms with Gasteiger partial charge in [0.2, 0.25) is 5.91 Å². The minimum Gasteiger partial charge on any atom is -0.478 e. The van der Waals surface area contributed by atoms with Crippen LogP contribution in [0.25, 0.3) is 0 Å². The first kappa shape index (κ1) is 34.9. The smallest absolute Gasteiger partial charge is 0.379 e. The van der Waals surface area contributed by atoms with Crippen LogP contribution in [0.5, 0.6) is 0 Å². The second-order valence-corrected chi connectivity index (χ2v) is 8.21. The van der Waals surface area contributed by atoms with Gasteiger partial charge in [-0.3, -0.25) is 15.0 Å². The molecule has 3 N–H and O–H groups in total. The highest BCUT2D eigenvalue weighted by Crippen LogP contribution is 2.27. The summed E-state index contributed by atoms with van der Waals surface area (Å²) in [6, 6.07) is 5.38. The number of allylic oxidation sites excluding steroid dienone is 3. The zero-order valence-corrected chi connectivity index (χ0v) is 22.2. The van der Waals surface area contributed by atoms with Crippen LogP contribution < -0.4 is 10.6 Å². The lowest BCUT2D eigenvalue weighted by Crippen LogP contribution is -2.44. The maximum atomic E-state index is 12.1. The summed E-state index contributed by atoms with van der Waals surface area (Å²) < 4.78 is 29.0. The normalized spacial score (nSPS) is 16.3. The van der Waals surface area contributed by atoms with Crippen LogP contribution in [0.1, 0.15) is 59.4 Å². The predicted octanol–water partition coefficient (Wildman–Crippen LogP) is 6.73. The minimum atomic E-state index is -3.67. The van der Waals surface area contributed by atoms with Gasteiger partial charge in [0.15, 0.2) is 0 Å². The molecule has 1 aromatic carbocycles. The zero-order valence-electron chi connectivity index (χ0n) is 21.4. The molecule has 1 amide bonds. The van der Waals surface area contributed by atoms with Gasteiger partial charge in [-0.25, -0.2) is 9.79 Å². The summed E-state index contributed by atoms with van der Waals surface area (Å²) in [5, 5.41) is 16.2. The van der Waals surface area contributed by atoms with Crippen molar-refractivity contribution in [3.05, 3.63) is 64.4 Å². The molecular formula is C27H38ClF3N4O3. The molecule has 0 fully saturated rings. The third kappa shape index (κ3) is 11.5. The predicted molar refractivity (Wildman–Crippen MR) is 147 cm³/mol. The van der Waals surface area contributed by atoms with Crippen LogP contribution in [0, 0.1) is 0 Å². The number of rotatable bonds is 6. The maximum absolute atomic E-state index is 12.1. The highest BCUT2D eigenvalue weighted by Gasteiger charge is 2.22. The van der Waals surface area contributed by atoms with Gasteiger partial charge in [0, 0.05) is 25.5 Å². The summed E-state index contributed by atoms with van der Waals surface area (Å²) in [5.74, 6) is -0.442. The van der Waals surface area contributed by atoms with E-state index in [1.165, 1.54) is 6.92 Å². The number of nitrogens with zero attached hydrogens (tertiary/aromatic N) is 2. The van der Waals surface area contributed by atoms with Crippen molar-refractivity contribution in [1.29, 1.82) is 0 Å². The van der Waals surface area contributed by atoms with E-state index in [2.05, 4.69) is 16.7 Å². The first-order valence-electron chi connectivity index (χ1n) is 11.9. The zero-order chi connectivity index (χ0) is 28.0. The number of aliphatic imine (C=N–C) groups is 1. The number of hydrogen-bond acceptors (Lipinski definition) is 5. The number of carboxylic acids is 1. The molecule has 2 aliphatic rings. The minimum absolute atomic E-state index is 0. The summed E-state index contributed by atoms with van der Waals surface area (Å²) in [5.41, 5.74) is 2.77. The van der Waals surface area contributed by atoms with Gasteiger partial charge >= 0.3 is 12.6 Å². The van der Waals surface area contributed by atoms with Gasteiger partial charge in [-0.15, -0.1) is 0 Å². The molecule has 1 aliphatic carbocycles. The van der Waals surface area contributed by atoms with Crippen LogP contribution in [-0.2, 0) is 16.1 Å². The molecule has 0 aromatic heterocycles. The maximum Gasteiger partial charge on any atom is 0.379 e. The van der Waals surface area contributed by atoms with Crippen molar-refractivity contribution in [2.45, 2.75) is 73.3 Å². The summed E-state index contributed by atoms with van der Waals surface area (Å²) in [4.78, 5) is 30.0. The van der Waals surface area contributed by atoms with E-state index in [1.807, 2.05) is 19.9 Å². The Hall–Kier alpha value is -3.11. The van der Waals surface area contributed by atoms with E-state index >= 15 is 0 Å². The molecule has 38 heavy (non-hydrogen) atoms. The number of carbonyl (C=O) groups excluding carboxylic acids is 1. The Balaban J connectivity index is 0.00000179. The highest BCUT2D eigenvalue weighted by molar-refractivity contribution is 6.30. The van der Waals surface area contributed by atoms with E-state index < -0.39 is 18.8 Å². The number of aliphatic carboxylic acids is 1. The average molecular weight is 559 g/mol. The number of dihydropyridines is 1. The van der Waals surface area contributed by atoms with Crippen molar-refractivity contribution < 1.29 is 27.9 Å². The number of nitrogens with one attached hydrogen (secondary N) is 2. The lowest BCUT2D eigenvalue weighted by molar-refractivity contribution is -0.133. The van der Waals surface area contributed by atoms with Crippen LogP contribution in [0.15, 0.2) is 58.8 Å². The Labute approximate surface area is 228 Å². The first-order chi connectivity index (χ1) is 17.6. The van der Waals surface area contributed by atoms with Crippen molar-refractivity contribution in [3.8, 4) is 0 Å². The second kappa shape index (κ2) is 18.2. The highest BCUT2D eigenvalue weighted by atomic mass is 35.5. The number of halogens is 4. The Kier molecular flexibility index (Phi) is 16.7. The molecule has 212 valence electrons. The molecule has 0 spiro atoms. The van der Waals surface area contributed by atoms with Crippen molar-refractivity contribution in [2.75, 3.05) is 7.05 Å². The number of carbonyl (C=O) groups is 2. The summed E-state index contributed by atoms with van der Waals surface area (Å²) in [6.07, 6.45) is 10.6. The second-order valence-electron chi connectivity index (χ2n) is 7.78. The Bertz CT molecular complexity index is 1040. The van der Waals surface area contributed by atoms with Gasteiger partial charge in [-0.05, 0) is 73.4 Å². The lowest BCUT2D eigenvalue weighted by atomic mass is 9.98. The molecule has 1 aromatic rings. The molecule has 1 aliphatic heterocycles. The summed E-state index contributed by atoms with van der Waals surface area (Å²) in [7, 11) is 1.73. The molecule has 1 unspecified atom stereocenters. The number of benzene rings is 1. The topological polar surface area (TPSA) is 94.0 Å². The quantitative estimate of drug-likeness (QED) is 0.266. The van der Waals surface area contributed by atoms with Gasteiger partial charge in [-0.2, -0.15) is 13.2 Å². The third-order valence-corrected chi connectivity index (χ3v) is 5.56. The van der Waals surface area contributed by atoms with E-state index in [0.717, 1.165) is 36.8 Å². The van der Waals surface area contributed by atoms with E-state index in [4.69, 9.17) is 16.6 Å². The summed E-state index contributed by atoms with van der Waals surface area (Å²) in [6.45, 7) is 2.19. The third-order valence-electron chi connectivity index (χ3n) is 5.33.